The van der Waals surface area contributed by atoms with E-state index in [0.717, 1.165) is 18.7 Å². The standard InChI is InChI=1S/C18H22FN5O2/c1-22-7-9-24(10-8-22)17(25)12-20-18(26)15-11-16(23(2)21-15)13-3-5-14(19)6-4-13/h3-6,11H,7-10,12H2,1-2H3,(H,20,26). The Hall–Kier alpha value is -2.74. The maximum atomic E-state index is 13.1. The van der Waals surface area contributed by atoms with Crippen molar-refractivity contribution in [3.05, 3.63) is 41.8 Å². The molecular formula is C18H22FN5O2. The molecule has 0 aliphatic carbocycles. The van der Waals surface area contributed by atoms with E-state index in [1.54, 1.807) is 34.8 Å². The largest absolute Gasteiger partial charge is 0.342 e. The van der Waals surface area contributed by atoms with Gasteiger partial charge in [0.2, 0.25) is 5.91 Å². The van der Waals surface area contributed by atoms with Crippen molar-refractivity contribution in [2.24, 2.45) is 7.05 Å². The number of amides is 2. The van der Waals surface area contributed by atoms with Gasteiger partial charge < -0.3 is 15.1 Å². The Kier molecular flexibility index (Phi) is 5.32. The van der Waals surface area contributed by atoms with Gasteiger partial charge in [-0.05, 0) is 42.9 Å². The van der Waals surface area contributed by atoms with E-state index in [0.29, 0.717) is 18.8 Å². The first-order valence-electron chi connectivity index (χ1n) is 8.48. The first-order valence-corrected chi connectivity index (χ1v) is 8.48. The Balaban J connectivity index is 1.61. The number of nitrogens with one attached hydrogen (secondary N) is 1. The van der Waals surface area contributed by atoms with E-state index in [4.69, 9.17) is 0 Å². The van der Waals surface area contributed by atoms with Crippen LogP contribution in [-0.2, 0) is 11.8 Å². The lowest BCUT2D eigenvalue weighted by molar-refractivity contribution is -0.131. The fourth-order valence-electron chi connectivity index (χ4n) is 2.88. The van der Waals surface area contributed by atoms with Gasteiger partial charge in [0, 0.05) is 33.2 Å². The van der Waals surface area contributed by atoms with E-state index in [2.05, 4.69) is 15.3 Å². The molecule has 8 heteroatoms. The molecule has 1 saturated heterocycles. The molecule has 1 aromatic carbocycles. The Morgan fingerprint density at radius 2 is 1.77 bits per heavy atom. The predicted molar refractivity (Wildman–Crippen MR) is 95.0 cm³/mol. The van der Waals surface area contributed by atoms with E-state index < -0.39 is 5.91 Å². The number of piperazine rings is 1. The molecule has 0 unspecified atom stereocenters. The van der Waals surface area contributed by atoms with Gasteiger partial charge in [-0.25, -0.2) is 4.39 Å². The summed E-state index contributed by atoms with van der Waals surface area (Å²) in [7, 11) is 3.73. The molecule has 1 aliphatic rings. The van der Waals surface area contributed by atoms with Gasteiger partial charge >= 0.3 is 0 Å². The van der Waals surface area contributed by atoms with E-state index >= 15 is 0 Å². The summed E-state index contributed by atoms with van der Waals surface area (Å²) in [6.45, 7) is 2.96. The predicted octanol–water partition coefficient (Wildman–Crippen LogP) is 0.730. The van der Waals surface area contributed by atoms with Gasteiger partial charge in [0.15, 0.2) is 5.69 Å². The lowest BCUT2D eigenvalue weighted by atomic mass is 10.1. The third-order valence-electron chi connectivity index (χ3n) is 4.51. The molecule has 0 spiro atoms. The summed E-state index contributed by atoms with van der Waals surface area (Å²) in [5.74, 6) is -0.825. The van der Waals surface area contributed by atoms with Gasteiger partial charge in [0.05, 0.1) is 12.2 Å². The van der Waals surface area contributed by atoms with Crippen LogP contribution in [-0.4, -0.2) is 71.2 Å². The molecule has 2 aromatic rings. The topological polar surface area (TPSA) is 70.5 Å². The highest BCUT2D eigenvalue weighted by molar-refractivity contribution is 5.95. The van der Waals surface area contributed by atoms with Crippen LogP contribution in [0.5, 0.6) is 0 Å². The molecule has 7 nitrogen and oxygen atoms in total. The molecule has 0 bridgehead atoms. The third kappa shape index (κ3) is 4.08. The Bertz CT molecular complexity index is 794. The van der Waals surface area contributed by atoms with Gasteiger partial charge in [0.25, 0.3) is 5.91 Å². The summed E-state index contributed by atoms with van der Waals surface area (Å²) in [5, 5.41) is 6.82. The summed E-state index contributed by atoms with van der Waals surface area (Å²) in [6, 6.07) is 7.60. The van der Waals surface area contributed by atoms with Crippen LogP contribution in [0.2, 0.25) is 0 Å². The lowest BCUT2D eigenvalue weighted by Gasteiger charge is -2.32. The molecular weight excluding hydrogens is 337 g/mol. The number of halogens is 1. The number of aryl methyl sites for hydroxylation is 1. The summed E-state index contributed by atoms with van der Waals surface area (Å²) < 4.78 is 14.6. The summed E-state index contributed by atoms with van der Waals surface area (Å²) in [6.07, 6.45) is 0. The number of nitrogens with zero attached hydrogens (tertiary/aromatic N) is 4. The monoisotopic (exact) mass is 359 g/mol. The number of rotatable bonds is 4. The highest BCUT2D eigenvalue weighted by atomic mass is 19.1. The molecule has 1 fully saturated rings. The van der Waals surface area contributed by atoms with Gasteiger partial charge in [-0.15, -0.1) is 0 Å². The van der Waals surface area contributed by atoms with Crippen LogP contribution in [0, 0.1) is 5.82 Å². The van der Waals surface area contributed by atoms with Crippen molar-refractivity contribution >= 4 is 11.8 Å². The SMILES string of the molecule is CN1CCN(C(=O)CNC(=O)c2cc(-c3ccc(F)cc3)n(C)n2)CC1. The molecule has 138 valence electrons. The number of carbonyl (C=O) groups is 2. The van der Waals surface area contributed by atoms with E-state index in [9.17, 15) is 14.0 Å². The maximum Gasteiger partial charge on any atom is 0.272 e. The molecule has 1 N–H and O–H groups in total. The number of aromatic nitrogens is 2. The van der Waals surface area contributed by atoms with Crippen LogP contribution in [0.3, 0.4) is 0 Å². The van der Waals surface area contributed by atoms with Crippen molar-refractivity contribution < 1.29 is 14.0 Å². The first kappa shape index (κ1) is 18.1. The van der Waals surface area contributed by atoms with Crippen LogP contribution >= 0.6 is 0 Å². The normalized spacial score (nSPS) is 15.1. The number of benzene rings is 1. The molecule has 0 radical (unpaired) electrons. The van der Waals surface area contributed by atoms with E-state index in [-0.39, 0.29) is 24.0 Å². The van der Waals surface area contributed by atoms with Gasteiger partial charge in [-0.3, -0.25) is 14.3 Å². The average Bonchev–Trinajstić information content (AvgIpc) is 3.02. The molecule has 1 aliphatic heterocycles. The zero-order chi connectivity index (χ0) is 18.7. The van der Waals surface area contributed by atoms with Crippen molar-refractivity contribution in [2.45, 2.75) is 0 Å². The zero-order valence-electron chi connectivity index (χ0n) is 14.9. The smallest absolute Gasteiger partial charge is 0.272 e. The van der Waals surface area contributed by atoms with E-state index in [1.807, 2.05) is 7.05 Å². The van der Waals surface area contributed by atoms with Crippen LogP contribution < -0.4 is 5.32 Å². The molecule has 2 amide bonds. The highest BCUT2D eigenvalue weighted by Crippen LogP contribution is 2.20. The quantitative estimate of drug-likeness (QED) is 0.874. The first-order chi connectivity index (χ1) is 12.4. The van der Waals surface area contributed by atoms with Crippen molar-refractivity contribution in [3.63, 3.8) is 0 Å². The molecule has 1 aromatic heterocycles. The van der Waals surface area contributed by atoms with Crippen molar-refractivity contribution in [3.8, 4) is 11.3 Å². The summed E-state index contributed by atoms with van der Waals surface area (Å²) >= 11 is 0. The zero-order valence-corrected chi connectivity index (χ0v) is 14.9. The fraction of sp³-hybridized carbons (Fsp3) is 0.389. The van der Waals surface area contributed by atoms with Crippen LogP contribution in [0.4, 0.5) is 4.39 Å². The Labute approximate surface area is 151 Å². The number of likely N-dealkylation sites (N-methyl/N-ethyl adjacent to an activating group) is 1. The van der Waals surface area contributed by atoms with Crippen molar-refractivity contribution in [2.75, 3.05) is 39.8 Å². The summed E-state index contributed by atoms with van der Waals surface area (Å²) in [5.41, 5.74) is 1.67. The fourth-order valence-corrected chi connectivity index (χ4v) is 2.88. The summed E-state index contributed by atoms with van der Waals surface area (Å²) in [4.78, 5) is 28.4. The number of hydrogen-bond acceptors (Lipinski definition) is 4. The van der Waals surface area contributed by atoms with Crippen molar-refractivity contribution in [1.82, 2.24) is 24.9 Å². The number of hydrogen-bond donors (Lipinski definition) is 1. The third-order valence-corrected chi connectivity index (χ3v) is 4.51. The molecule has 26 heavy (non-hydrogen) atoms. The van der Waals surface area contributed by atoms with Gasteiger partial charge in [0.1, 0.15) is 5.82 Å². The van der Waals surface area contributed by atoms with Gasteiger partial charge in [-0.2, -0.15) is 5.10 Å². The second kappa shape index (κ2) is 7.65. The van der Waals surface area contributed by atoms with Crippen LogP contribution in [0.25, 0.3) is 11.3 Å². The van der Waals surface area contributed by atoms with Crippen LogP contribution in [0.1, 0.15) is 10.5 Å². The lowest BCUT2D eigenvalue weighted by Crippen LogP contribution is -2.50. The highest BCUT2D eigenvalue weighted by Gasteiger charge is 2.20. The average molecular weight is 359 g/mol. The van der Waals surface area contributed by atoms with E-state index in [1.165, 1.54) is 12.1 Å². The Morgan fingerprint density at radius 3 is 2.42 bits per heavy atom. The molecule has 0 saturated carbocycles. The second-order valence-electron chi connectivity index (χ2n) is 6.41. The molecule has 0 atom stereocenters. The van der Waals surface area contributed by atoms with Crippen LogP contribution in [0.15, 0.2) is 30.3 Å². The molecule has 2 heterocycles. The minimum absolute atomic E-state index is 0.0506. The van der Waals surface area contributed by atoms with Crippen molar-refractivity contribution in [1.29, 1.82) is 0 Å². The Morgan fingerprint density at radius 1 is 1.12 bits per heavy atom. The minimum atomic E-state index is -0.406. The second-order valence-corrected chi connectivity index (χ2v) is 6.41. The number of carbonyl (C=O) groups excluding carboxylic acids is 2. The minimum Gasteiger partial charge on any atom is -0.342 e. The van der Waals surface area contributed by atoms with Gasteiger partial charge in [-0.1, -0.05) is 0 Å². The molecule has 3 rings (SSSR count). The maximum absolute atomic E-state index is 13.1.